The second-order valence-electron chi connectivity index (χ2n) is 7.64. The number of phenols is 1. The molecule has 5 nitrogen and oxygen atoms in total. The molecule has 0 spiro atoms. The number of para-hydroxylation sites is 1. The van der Waals surface area contributed by atoms with Crippen LogP contribution in [-0.2, 0) is 0 Å². The molecule has 2 aromatic carbocycles. The van der Waals surface area contributed by atoms with E-state index in [1.54, 1.807) is 42.5 Å². The van der Waals surface area contributed by atoms with E-state index in [0.29, 0.717) is 39.8 Å². The van der Waals surface area contributed by atoms with Crippen LogP contribution < -0.4 is 10.1 Å². The molecule has 4 rings (SSSR count). The highest BCUT2D eigenvalue weighted by Gasteiger charge is 2.16. The Morgan fingerprint density at radius 3 is 2.62 bits per heavy atom. The second-order valence-corrected chi connectivity index (χ2v) is 8.07. The maximum atomic E-state index is 13.0. The number of anilines is 1. The molecule has 8 heteroatoms. The average molecular weight is 460 g/mol. The number of likely N-dealkylation sites (tertiary alicyclic amines) is 1. The van der Waals surface area contributed by atoms with E-state index in [1.807, 2.05) is 0 Å². The Hall–Kier alpha value is -2.90. The van der Waals surface area contributed by atoms with Crippen molar-refractivity contribution in [1.82, 2.24) is 9.88 Å². The number of pyridine rings is 1. The number of nitrogens with zero attached hydrogens (tertiary/aromatic N) is 2. The van der Waals surface area contributed by atoms with Gasteiger partial charge in [0.15, 0.2) is 0 Å². The predicted molar refractivity (Wildman–Crippen MR) is 123 cm³/mol. The second kappa shape index (κ2) is 10.1. The van der Waals surface area contributed by atoms with Crippen LogP contribution in [0.2, 0.25) is 5.02 Å². The van der Waals surface area contributed by atoms with Gasteiger partial charge < -0.3 is 20.1 Å². The van der Waals surface area contributed by atoms with Crippen molar-refractivity contribution in [3.63, 3.8) is 0 Å². The standard InChI is InChI=1S/C24H24ClF2N3O2/c25-17-7-8-21(31)19(15-17)20-13-16(18-5-1-2-6-22(18)32-24(26)27)14-23(29-20)28-9-12-30-10-3-4-11-30/h1-2,5-8,13-15,24,31H,3-4,9-12H2,(H,28,29). The summed E-state index contributed by atoms with van der Waals surface area (Å²) in [6.45, 7) is 0.818. The number of hydrogen-bond donors (Lipinski definition) is 2. The zero-order valence-corrected chi connectivity index (χ0v) is 18.2. The largest absolute Gasteiger partial charge is 0.507 e. The number of rotatable bonds is 8. The fourth-order valence-corrected chi connectivity index (χ4v) is 4.05. The van der Waals surface area contributed by atoms with Crippen LogP contribution in [0.15, 0.2) is 54.6 Å². The lowest BCUT2D eigenvalue weighted by Crippen LogP contribution is -2.26. The SMILES string of the molecule is Oc1ccc(Cl)cc1-c1cc(-c2ccccc2OC(F)F)cc(NCCN2CCCC2)n1. The maximum absolute atomic E-state index is 13.0. The van der Waals surface area contributed by atoms with Crippen LogP contribution in [0.3, 0.4) is 0 Å². The van der Waals surface area contributed by atoms with Gasteiger partial charge in [-0.3, -0.25) is 0 Å². The van der Waals surface area contributed by atoms with Crippen molar-refractivity contribution < 1.29 is 18.6 Å². The minimum Gasteiger partial charge on any atom is -0.507 e. The number of benzene rings is 2. The molecule has 32 heavy (non-hydrogen) atoms. The molecule has 2 N–H and O–H groups in total. The topological polar surface area (TPSA) is 57.6 Å². The van der Waals surface area contributed by atoms with E-state index in [2.05, 4.69) is 15.2 Å². The lowest BCUT2D eigenvalue weighted by molar-refractivity contribution is -0.0494. The highest BCUT2D eigenvalue weighted by atomic mass is 35.5. The molecule has 3 aromatic rings. The number of phenolic OH excluding ortho intramolecular Hbond substituents is 1. The van der Waals surface area contributed by atoms with E-state index in [-0.39, 0.29) is 11.5 Å². The van der Waals surface area contributed by atoms with Crippen LogP contribution in [0.25, 0.3) is 22.4 Å². The zero-order valence-electron chi connectivity index (χ0n) is 17.4. The summed E-state index contributed by atoms with van der Waals surface area (Å²) in [5, 5.41) is 14.2. The molecule has 168 valence electrons. The van der Waals surface area contributed by atoms with Crippen molar-refractivity contribution in [2.24, 2.45) is 0 Å². The minimum atomic E-state index is -2.94. The van der Waals surface area contributed by atoms with Crippen LogP contribution >= 0.6 is 11.6 Å². The fraction of sp³-hybridized carbons (Fsp3) is 0.292. The molecule has 1 aliphatic rings. The van der Waals surface area contributed by atoms with Crippen molar-refractivity contribution >= 4 is 17.4 Å². The lowest BCUT2D eigenvalue weighted by Gasteiger charge is -2.17. The average Bonchev–Trinajstić information content (AvgIpc) is 3.29. The minimum absolute atomic E-state index is 0.0270. The van der Waals surface area contributed by atoms with Crippen molar-refractivity contribution in [2.45, 2.75) is 19.5 Å². The molecule has 0 aliphatic carbocycles. The van der Waals surface area contributed by atoms with Gasteiger partial charge in [-0.25, -0.2) is 4.98 Å². The summed E-state index contributed by atoms with van der Waals surface area (Å²) in [7, 11) is 0. The Labute approximate surface area is 190 Å². The number of aromatic hydroxyl groups is 1. The summed E-state index contributed by atoms with van der Waals surface area (Å²) in [5.74, 6) is 0.667. The van der Waals surface area contributed by atoms with Crippen LogP contribution in [-0.4, -0.2) is 47.8 Å². The van der Waals surface area contributed by atoms with E-state index in [4.69, 9.17) is 16.3 Å². The number of ether oxygens (including phenoxy) is 1. The third-order valence-corrected chi connectivity index (χ3v) is 5.64. The zero-order chi connectivity index (χ0) is 22.5. The molecule has 0 radical (unpaired) electrons. The van der Waals surface area contributed by atoms with Crippen LogP contribution in [0.4, 0.5) is 14.6 Å². The van der Waals surface area contributed by atoms with Gasteiger partial charge in [0.2, 0.25) is 0 Å². The van der Waals surface area contributed by atoms with Gasteiger partial charge in [0.05, 0.1) is 5.69 Å². The predicted octanol–water partition coefficient (Wildman–Crippen LogP) is 5.88. The number of aromatic nitrogens is 1. The number of alkyl halides is 2. The Morgan fingerprint density at radius 1 is 1.06 bits per heavy atom. The molecule has 1 aromatic heterocycles. The van der Waals surface area contributed by atoms with Crippen molar-refractivity contribution in [2.75, 3.05) is 31.5 Å². The van der Waals surface area contributed by atoms with Crippen LogP contribution in [0, 0.1) is 0 Å². The third kappa shape index (κ3) is 5.47. The van der Waals surface area contributed by atoms with Gasteiger partial charge >= 0.3 is 6.61 Å². The van der Waals surface area contributed by atoms with Gasteiger partial charge in [-0.05, 0) is 67.9 Å². The summed E-state index contributed by atoms with van der Waals surface area (Å²) in [6.07, 6.45) is 2.43. The van der Waals surface area contributed by atoms with Gasteiger partial charge in [-0.2, -0.15) is 8.78 Å². The Balaban J connectivity index is 1.71. The van der Waals surface area contributed by atoms with Crippen LogP contribution in [0.5, 0.6) is 11.5 Å². The molecule has 1 aliphatic heterocycles. The lowest BCUT2D eigenvalue weighted by atomic mass is 10.0. The molecular weight excluding hydrogens is 436 g/mol. The molecule has 0 amide bonds. The summed E-state index contributed by atoms with van der Waals surface area (Å²) in [5.41, 5.74) is 2.06. The normalized spacial score (nSPS) is 14.1. The van der Waals surface area contributed by atoms with Gasteiger partial charge in [-0.1, -0.05) is 29.8 Å². The molecule has 0 unspecified atom stereocenters. The first kappa shape index (κ1) is 22.3. The molecule has 1 saturated heterocycles. The van der Waals surface area contributed by atoms with Gasteiger partial charge in [0, 0.05) is 29.2 Å². The summed E-state index contributed by atoms with van der Waals surface area (Å²) >= 11 is 6.14. The summed E-state index contributed by atoms with van der Waals surface area (Å²) in [6, 6.07) is 14.8. The first-order valence-electron chi connectivity index (χ1n) is 10.5. The van der Waals surface area contributed by atoms with Crippen molar-refractivity contribution in [3.05, 3.63) is 59.6 Å². The summed E-state index contributed by atoms with van der Waals surface area (Å²) < 4.78 is 30.6. The van der Waals surface area contributed by atoms with Crippen LogP contribution in [0.1, 0.15) is 12.8 Å². The van der Waals surface area contributed by atoms with E-state index < -0.39 is 6.61 Å². The monoisotopic (exact) mass is 459 g/mol. The van der Waals surface area contributed by atoms with E-state index in [0.717, 1.165) is 19.6 Å². The van der Waals surface area contributed by atoms with Gasteiger partial charge in [0.25, 0.3) is 0 Å². The van der Waals surface area contributed by atoms with Gasteiger partial charge in [-0.15, -0.1) is 0 Å². The smallest absolute Gasteiger partial charge is 0.387 e. The molecule has 1 fully saturated rings. The van der Waals surface area contributed by atoms with E-state index in [9.17, 15) is 13.9 Å². The van der Waals surface area contributed by atoms with Gasteiger partial charge in [0.1, 0.15) is 17.3 Å². The quantitative estimate of drug-likeness (QED) is 0.440. The first-order chi connectivity index (χ1) is 15.5. The molecule has 0 bridgehead atoms. The van der Waals surface area contributed by atoms with E-state index >= 15 is 0 Å². The molecule has 0 atom stereocenters. The summed E-state index contributed by atoms with van der Waals surface area (Å²) in [4.78, 5) is 7.03. The van der Waals surface area contributed by atoms with Crippen molar-refractivity contribution in [1.29, 1.82) is 0 Å². The molecular formula is C24H24ClF2N3O2. The first-order valence-corrected chi connectivity index (χ1v) is 10.9. The molecule has 2 heterocycles. The highest BCUT2D eigenvalue weighted by Crippen LogP contribution is 2.37. The number of nitrogens with one attached hydrogen (secondary N) is 1. The molecule has 0 saturated carbocycles. The van der Waals surface area contributed by atoms with Crippen molar-refractivity contribution in [3.8, 4) is 33.9 Å². The Morgan fingerprint density at radius 2 is 1.84 bits per heavy atom. The number of hydrogen-bond acceptors (Lipinski definition) is 5. The Bertz CT molecular complexity index is 1070. The number of halogens is 3. The third-order valence-electron chi connectivity index (χ3n) is 5.41. The fourth-order valence-electron chi connectivity index (χ4n) is 3.88. The Kier molecular flexibility index (Phi) is 7.07. The maximum Gasteiger partial charge on any atom is 0.387 e. The highest BCUT2D eigenvalue weighted by molar-refractivity contribution is 6.31. The van der Waals surface area contributed by atoms with E-state index in [1.165, 1.54) is 25.0 Å².